The molecule has 1 amide bonds. The van der Waals surface area contributed by atoms with Crippen molar-refractivity contribution in [2.45, 2.75) is 19.9 Å². The number of aryl methyl sites for hydroxylation is 1. The number of nitrogens with two attached hydrogens (primary N) is 1. The van der Waals surface area contributed by atoms with E-state index in [1.54, 1.807) is 0 Å². The first-order valence-corrected chi connectivity index (χ1v) is 4.79. The van der Waals surface area contributed by atoms with Gasteiger partial charge in [0.25, 0.3) is 11.5 Å². The highest BCUT2D eigenvalue weighted by atomic mass is 16.4. The largest absolute Gasteiger partial charge is 0.494 e. The van der Waals surface area contributed by atoms with Gasteiger partial charge in [0.15, 0.2) is 5.88 Å². The molecule has 0 spiro atoms. The Labute approximate surface area is 96.1 Å². The van der Waals surface area contributed by atoms with Gasteiger partial charge in [0.1, 0.15) is 5.56 Å². The van der Waals surface area contributed by atoms with E-state index in [0.717, 1.165) is 4.57 Å². The van der Waals surface area contributed by atoms with Crippen molar-refractivity contribution in [3.63, 3.8) is 0 Å². The lowest BCUT2D eigenvalue weighted by Gasteiger charge is -2.10. The van der Waals surface area contributed by atoms with Gasteiger partial charge in [0, 0.05) is 12.6 Å². The smallest absolute Gasteiger partial charge is 0.305 e. The third kappa shape index (κ3) is 2.63. The van der Waals surface area contributed by atoms with Gasteiger partial charge < -0.3 is 15.9 Å². The summed E-state index contributed by atoms with van der Waals surface area (Å²) >= 11 is 0. The summed E-state index contributed by atoms with van der Waals surface area (Å²) in [6.07, 6.45) is -0.339. The average Bonchev–Trinajstić information content (AvgIpc) is 2.14. The number of hydrogen-bond acceptors (Lipinski definition) is 4. The zero-order valence-electron chi connectivity index (χ0n) is 9.14. The van der Waals surface area contributed by atoms with Gasteiger partial charge in [0.05, 0.1) is 6.42 Å². The quantitative estimate of drug-likeness (QED) is 0.650. The van der Waals surface area contributed by atoms with E-state index in [-0.39, 0.29) is 24.1 Å². The van der Waals surface area contributed by atoms with Gasteiger partial charge in [0.2, 0.25) is 0 Å². The van der Waals surface area contributed by atoms with Crippen molar-refractivity contribution < 1.29 is 19.8 Å². The number of pyridine rings is 1. The van der Waals surface area contributed by atoms with E-state index >= 15 is 0 Å². The van der Waals surface area contributed by atoms with Gasteiger partial charge in [-0.1, -0.05) is 0 Å². The SMILES string of the molecule is Cc1cc(O)n(CCC(=O)O)c(=O)c1C(N)=O. The van der Waals surface area contributed by atoms with Crippen LogP contribution < -0.4 is 11.3 Å². The maximum atomic E-state index is 11.8. The molecular formula is C10H12N2O5. The first kappa shape index (κ1) is 12.8. The van der Waals surface area contributed by atoms with E-state index in [2.05, 4.69) is 0 Å². The number of carbonyl (C=O) groups is 2. The lowest BCUT2D eigenvalue weighted by molar-refractivity contribution is -0.137. The maximum Gasteiger partial charge on any atom is 0.305 e. The van der Waals surface area contributed by atoms with Crippen molar-refractivity contribution in [2.75, 3.05) is 0 Å². The lowest BCUT2D eigenvalue weighted by atomic mass is 10.1. The molecule has 0 radical (unpaired) electrons. The van der Waals surface area contributed by atoms with Gasteiger partial charge in [-0.15, -0.1) is 0 Å². The molecule has 92 valence electrons. The topological polar surface area (TPSA) is 123 Å². The van der Waals surface area contributed by atoms with Crippen LogP contribution in [0.3, 0.4) is 0 Å². The second-order valence-electron chi connectivity index (χ2n) is 3.53. The summed E-state index contributed by atoms with van der Waals surface area (Å²) in [5, 5.41) is 18.0. The third-order valence-electron chi connectivity index (χ3n) is 2.27. The molecule has 7 nitrogen and oxygen atoms in total. The van der Waals surface area contributed by atoms with Gasteiger partial charge in [-0.2, -0.15) is 0 Å². The fourth-order valence-electron chi connectivity index (χ4n) is 1.47. The highest BCUT2D eigenvalue weighted by molar-refractivity contribution is 5.93. The van der Waals surface area contributed by atoms with E-state index in [1.165, 1.54) is 13.0 Å². The third-order valence-corrected chi connectivity index (χ3v) is 2.27. The zero-order valence-corrected chi connectivity index (χ0v) is 9.14. The predicted octanol–water partition coefficient (Wildman–Crippen LogP) is -0.564. The molecular weight excluding hydrogens is 228 g/mol. The Balaban J connectivity index is 3.31. The molecule has 1 aromatic heterocycles. The molecule has 0 unspecified atom stereocenters. The van der Waals surface area contributed by atoms with Crippen LogP contribution in [0.25, 0.3) is 0 Å². The number of primary amides is 1. The molecule has 0 saturated heterocycles. The maximum absolute atomic E-state index is 11.8. The molecule has 17 heavy (non-hydrogen) atoms. The number of aromatic nitrogens is 1. The minimum atomic E-state index is -1.11. The number of hydrogen-bond donors (Lipinski definition) is 3. The van der Waals surface area contributed by atoms with E-state index < -0.39 is 23.3 Å². The van der Waals surface area contributed by atoms with Crippen LogP contribution >= 0.6 is 0 Å². The number of aromatic hydroxyl groups is 1. The summed E-state index contributed by atoms with van der Waals surface area (Å²) < 4.78 is 0.807. The van der Waals surface area contributed by atoms with Crippen LogP contribution in [0.2, 0.25) is 0 Å². The van der Waals surface area contributed by atoms with Crippen molar-refractivity contribution in [3.05, 3.63) is 27.5 Å². The minimum Gasteiger partial charge on any atom is -0.494 e. The summed E-state index contributed by atoms with van der Waals surface area (Å²) in [4.78, 5) is 33.2. The molecule has 0 bridgehead atoms. The molecule has 1 heterocycles. The van der Waals surface area contributed by atoms with Crippen LogP contribution in [0, 0.1) is 6.92 Å². The number of amides is 1. The molecule has 0 aliphatic heterocycles. The molecule has 1 rings (SSSR count). The van der Waals surface area contributed by atoms with Crippen molar-refractivity contribution in [1.82, 2.24) is 4.57 Å². The number of aliphatic carboxylic acids is 1. The summed E-state index contributed by atoms with van der Waals surface area (Å²) in [5.41, 5.74) is 4.27. The number of carbonyl (C=O) groups excluding carboxylic acids is 1. The molecule has 0 aromatic carbocycles. The van der Waals surface area contributed by atoms with E-state index in [0.29, 0.717) is 0 Å². The molecule has 0 saturated carbocycles. The first-order valence-electron chi connectivity index (χ1n) is 4.79. The van der Waals surface area contributed by atoms with Gasteiger partial charge in [-0.05, 0) is 12.5 Å². The van der Waals surface area contributed by atoms with E-state index in [4.69, 9.17) is 10.8 Å². The van der Waals surface area contributed by atoms with Gasteiger partial charge in [-0.25, -0.2) is 0 Å². The lowest BCUT2D eigenvalue weighted by Crippen LogP contribution is -2.31. The summed E-state index contributed by atoms with van der Waals surface area (Å²) in [6, 6.07) is 1.20. The van der Waals surface area contributed by atoms with Crippen molar-refractivity contribution >= 4 is 11.9 Å². The van der Waals surface area contributed by atoms with Crippen molar-refractivity contribution in [1.29, 1.82) is 0 Å². The average molecular weight is 240 g/mol. The highest BCUT2D eigenvalue weighted by Gasteiger charge is 2.16. The van der Waals surface area contributed by atoms with Crippen LogP contribution in [0.5, 0.6) is 5.88 Å². The number of carboxylic acids is 1. The molecule has 0 fully saturated rings. The minimum absolute atomic E-state index is 0.222. The Morgan fingerprint density at radius 3 is 2.53 bits per heavy atom. The first-order chi connectivity index (χ1) is 7.84. The van der Waals surface area contributed by atoms with Crippen LogP contribution in [0.4, 0.5) is 0 Å². The number of rotatable bonds is 4. The second kappa shape index (κ2) is 4.69. The normalized spacial score (nSPS) is 10.2. The van der Waals surface area contributed by atoms with Gasteiger partial charge >= 0.3 is 5.97 Å². The summed E-state index contributed by atoms with van der Waals surface area (Å²) in [7, 11) is 0. The molecule has 7 heteroatoms. The van der Waals surface area contributed by atoms with E-state index in [9.17, 15) is 19.5 Å². The Bertz CT molecular complexity index is 532. The Morgan fingerprint density at radius 2 is 2.06 bits per heavy atom. The fraction of sp³-hybridized carbons (Fsp3) is 0.300. The summed E-state index contributed by atoms with van der Waals surface area (Å²) in [5.74, 6) is -2.41. The van der Waals surface area contributed by atoms with Crippen molar-refractivity contribution in [3.8, 4) is 5.88 Å². The van der Waals surface area contributed by atoms with Crippen LogP contribution in [-0.2, 0) is 11.3 Å². The standard InChI is InChI=1S/C10H12N2O5/c1-5-4-6(13)12(3-2-7(14)15)10(17)8(5)9(11)16/h4,13H,2-3H2,1H3,(H2,11,16)(H,14,15). The van der Waals surface area contributed by atoms with Gasteiger partial charge in [-0.3, -0.25) is 19.0 Å². The zero-order chi connectivity index (χ0) is 13.2. The Kier molecular flexibility index (Phi) is 3.52. The number of nitrogens with zero attached hydrogens (tertiary/aromatic N) is 1. The fourth-order valence-corrected chi connectivity index (χ4v) is 1.47. The molecule has 4 N–H and O–H groups in total. The van der Waals surface area contributed by atoms with Crippen LogP contribution in [0.15, 0.2) is 10.9 Å². The monoisotopic (exact) mass is 240 g/mol. The molecule has 1 aromatic rings. The molecule has 0 aliphatic rings. The Hall–Kier alpha value is -2.31. The summed E-state index contributed by atoms with van der Waals surface area (Å²) in [6.45, 7) is 1.24. The highest BCUT2D eigenvalue weighted by Crippen LogP contribution is 2.12. The molecule has 0 aliphatic carbocycles. The predicted molar refractivity (Wildman–Crippen MR) is 57.9 cm³/mol. The number of carboxylic acid groups (broad SMARTS) is 1. The van der Waals surface area contributed by atoms with Crippen LogP contribution in [0.1, 0.15) is 22.3 Å². The van der Waals surface area contributed by atoms with Crippen molar-refractivity contribution in [2.24, 2.45) is 5.73 Å². The second-order valence-corrected chi connectivity index (χ2v) is 3.53. The van der Waals surface area contributed by atoms with E-state index in [1.807, 2.05) is 0 Å². The van der Waals surface area contributed by atoms with Crippen LogP contribution in [-0.4, -0.2) is 26.7 Å². The Morgan fingerprint density at radius 1 is 1.47 bits per heavy atom. The molecule has 0 atom stereocenters.